The lowest BCUT2D eigenvalue weighted by atomic mass is 10.0. The summed E-state index contributed by atoms with van der Waals surface area (Å²) in [5.74, 6) is 0. The van der Waals surface area contributed by atoms with Crippen molar-refractivity contribution in [3.05, 3.63) is 109 Å². The molecule has 0 saturated carbocycles. The van der Waals surface area contributed by atoms with Crippen LogP contribution in [0.5, 0.6) is 0 Å². The van der Waals surface area contributed by atoms with Crippen LogP contribution < -0.4 is 0 Å². The number of hydrogen-bond acceptors (Lipinski definition) is 2. The van der Waals surface area contributed by atoms with Gasteiger partial charge in [-0.15, -0.1) is 0 Å². The van der Waals surface area contributed by atoms with Gasteiger partial charge in [-0.25, -0.2) is 0 Å². The minimum Gasteiger partial charge on any atom is -0.0888 e. The van der Waals surface area contributed by atoms with Crippen molar-refractivity contribution in [2.75, 3.05) is 0 Å². The summed E-state index contributed by atoms with van der Waals surface area (Å²) in [6.07, 6.45) is 0. The van der Waals surface area contributed by atoms with Gasteiger partial charge in [0, 0.05) is 19.6 Å². The molecule has 0 bridgehead atoms. The van der Waals surface area contributed by atoms with Crippen LogP contribution >= 0.6 is 23.5 Å². The second kappa shape index (κ2) is 7.75. The maximum Gasteiger partial charge on any atom is 0.0280 e. The normalized spacial score (nSPS) is 11.1. The molecule has 28 heavy (non-hydrogen) atoms. The summed E-state index contributed by atoms with van der Waals surface area (Å²) in [5.41, 5.74) is 0. The highest BCUT2D eigenvalue weighted by atomic mass is 32.2. The summed E-state index contributed by atoms with van der Waals surface area (Å²) in [4.78, 5) is 5.19. The first kappa shape index (κ1) is 17.4. The van der Waals surface area contributed by atoms with Crippen LogP contribution in [0.3, 0.4) is 0 Å². The average molecular weight is 395 g/mol. The Bertz CT molecular complexity index is 1090. The lowest BCUT2D eigenvalue weighted by Crippen LogP contribution is -1.87. The van der Waals surface area contributed by atoms with Crippen molar-refractivity contribution in [3.8, 4) is 0 Å². The Balaban J connectivity index is 1.78. The first-order valence-corrected chi connectivity index (χ1v) is 10.9. The fraction of sp³-hybridized carbons (Fsp3) is 0. The summed E-state index contributed by atoms with van der Waals surface area (Å²) in [7, 11) is 0. The Morgan fingerprint density at radius 1 is 0.321 bits per heavy atom. The summed E-state index contributed by atoms with van der Waals surface area (Å²) in [6, 6.07) is 38.9. The topological polar surface area (TPSA) is 0 Å². The summed E-state index contributed by atoms with van der Waals surface area (Å²) < 4.78 is 0. The van der Waals surface area contributed by atoms with Crippen molar-refractivity contribution in [3.63, 3.8) is 0 Å². The molecule has 5 aromatic rings. The van der Waals surface area contributed by atoms with E-state index in [1.54, 1.807) is 0 Å². The third kappa shape index (κ3) is 3.30. The van der Waals surface area contributed by atoms with E-state index in [9.17, 15) is 0 Å². The molecule has 2 heteroatoms. The van der Waals surface area contributed by atoms with Gasteiger partial charge in [-0.3, -0.25) is 0 Å². The largest absolute Gasteiger partial charge is 0.0888 e. The minimum atomic E-state index is 1.27. The van der Waals surface area contributed by atoms with Gasteiger partial charge in [-0.05, 0) is 45.8 Å². The lowest BCUT2D eigenvalue weighted by Gasteiger charge is -2.16. The molecule has 0 fully saturated rings. The second-order valence-corrected chi connectivity index (χ2v) is 8.75. The molecule has 0 nitrogen and oxygen atoms in total. The van der Waals surface area contributed by atoms with Gasteiger partial charge < -0.3 is 0 Å². The van der Waals surface area contributed by atoms with Gasteiger partial charge in [0.25, 0.3) is 0 Å². The predicted octanol–water partition coefficient (Wildman–Crippen LogP) is 8.30. The van der Waals surface area contributed by atoms with Gasteiger partial charge in [0.2, 0.25) is 0 Å². The number of hydrogen-bond donors (Lipinski definition) is 0. The molecule has 0 atom stereocenters. The predicted molar refractivity (Wildman–Crippen MR) is 123 cm³/mol. The van der Waals surface area contributed by atoms with Gasteiger partial charge in [-0.2, -0.15) is 0 Å². The number of fused-ring (bicyclic) bond motifs is 2. The SMILES string of the molecule is c1ccc(Sc2c3ccccc3c(Sc3ccccc3)c3ccccc23)cc1. The molecule has 0 radical (unpaired) electrons. The molecule has 5 rings (SSSR count). The molecule has 0 spiro atoms. The molecule has 134 valence electrons. The second-order valence-electron chi connectivity index (χ2n) is 6.58. The zero-order valence-electron chi connectivity index (χ0n) is 15.2. The van der Waals surface area contributed by atoms with Crippen LogP contribution in [0.25, 0.3) is 21.5 Å². The Morgan fingerprint density at radius 2 is 0.607 bits per heavy atom. The molecule has 0 aliphatic rings. The van der Waals surface area contributed by atoms with Crippen molar-refractivity contribution in [2.24, 2.45) is 0 Å². The van der Waals surface area contributed by atoms with E-state index in [0.29, 0.717) is 0 Å². The molecule has 0 N–H and O–H groups in total. The summed E-state index contributed by atoms with van der Waals surface area (Å²) in [5, 5.41) is 5.25. The summed E-state index contributed by atoms with van der Waals surface area (Å²) >= 11 is 3.70. The Labute approximate surface area is 173 Å². The Kier molecular flexibility index (Phi) is 4.82. The van der Waals surface area contributed by atoms with Crippen molar-refractivity contribution < 1.29 is 0 Å². The monoisotopic (exact) mass is 394 g/mol. The van der Waals surface area contributed by atoms with Gasteiger partial charge in [0.1, 0.15) is 0 Å². The number of benzene rings is 5. The van der Waals surface area contributed by atoms with E-state index in [-0.39, 0.29) is 0 Å². The zero-order chi connectivity index (χ0) is 18.8. The maximum atomic E-state index is 2.25. The fourth-order valence-corrected chi connectivity index (χ4v) is 5.69. The lowest BCUT2D eigenvalue weighted by molar-refractivity contribution is 1.43. The van der Waals surface area contributed by atoms with E-state index >= 15 is 0 Å². The molecule has 0 aromatic heterocycles. The van der Waals surface area contributed by atoms with Gasteiger partial charge in [0.15, 0.2) is 0 Å². The molecule has 5 aromatic carbocycles. The minimum absolute atomic E-state index is 1.27. The van der Waals surface area contributed by atoms with E-state index in [2.05, 4.69) is 109 Å². The standard InChI is InChI=1S/C26H18S2/c1-3-11-19(12-4-1)27-25-21-15-7-9-17-23(21)26(24-18-10-8-16-22(24)25)28-20-13-5-2-6-14-20/h1-18H. The molecule has 0 aliphatic heterocycles. The highest BCUT2D eigenvalue weighted by Gasteiger charge is 2.15. The highest BCUT2D eigenvalue weighted by molar-refractivity contribution is 8.00. The molecular weight excluding hydrogens is 376 g/mol. The van der Waals surface area contributed by atoms with Crippen LogP contribution in [0.2, 0.25) is 0 Å². The fourth-order valence-electron chi connectivity index (χ4n) is 3.48. The zero-order valence-corrected chi connectivity index (χ0v) is 16.8. The van der Waals surface area contributed by atoms with E-state index in [4.69, 9.17) is 0 Å². The third-order valence-corrected chi connectivity index (χ3v) is 7.06. The van der Waals surface area contributed by atoms with Crippen molar-refractivity contribution in [2.45, 2.75) is 19.6 Å². The molecule has 0 saturated heterocycles. The molecular formula is C26H18S2. The highest BCUT2D eigenvalue weighted by Crippen LogP contribution is 2.46. The first-order chi connectivity index (χ1) is 13.9. The van der Waals surface area contributed by atoms with Crippen molar-refractivity contribution in [1.82, 2.24) is 0 Å². The van der Waals surface area contributed by atoms with E-state index in [1.807, 2.05) is 23.5 Å². The smallest absolute Gasteiger partial charge is 0.0280 e. The van der Waals surface area contributed by atoms with Crippen molar-refractivity contribution >= 4 is 45.1 Å². The van der Waals surface area contributed by atoms with Gasteiger partial charge >= 0.3 is 0 Å². The quantitative estimate of drug-likeness (QED) is 0.281. The Hall–Kier alpha value is -2.68. The summed E-state index contributed by atoms with van der Waals surface area (Å²) in [6.45, 7) is 0. The third-order valence-electron chi connectivity index (χ3n) is 4.76. The average Bonchev–Trinajstić information content (AvgIpc) is 2.77. The molecule has 0 aliphatic carbocycles. The maximum absolute atomic E-state index is 2.25. The van der Waals surface area contributed by atoms with Gasteiger partial charge in [0.05, 0.1) is 0 Å². The Morgan fingerprint density at radius 3 is 0.929 bits per heavy atom. The van der Waals surface area contributed by atoms with Crippen LogP contribution in [0, 0.1) is 0 Å². The molecule has 0 heterocycles. The first-order valence-electron chi connectivity index (χ1n) is 9.29. The van der Waals surface area contributed by atoms with Crippen LogP contribution in [0.15, 0.2) is 129 Å². The molecule has 0 amide bonds. The van der Waals surface area contributed by atoms with E-state index < -0.39 is 0 Å². The van der Waals surface area contributed by atoms with Crippen LogP contribution in [0.4, 0.5) is 0 Å². The van der Waals surface area contributed by atoms with E-state index in [0.717, 1.165) is 0 Å². The van der Waals surface area contributed by atoms with Crippen LogP contribution in [-0.2, 0) is 0 Å². The number of rotatable bonds is 4. The van der Waals surface area contributed by atoms with Crippen molar-refractivity contribution in [1.29, 1.82) is 0 Å². The van der Waals surface area contributed by atoms with Crippen LogP contribution in [-0.4, -0.2) is 0 Å². The molecule has 0 unspecified atom stereocenters. The van der Waals surface area contributed by atoms with Crippen LogP contribution in [0.1, 0.15) is 0 Å². The van der Waals surface area contributed by atoms with Gasteiger partial charge in [-0.1, -0.05) is 108 Å². The van der Waals surface area contributed by atoms with E-state index in [1.165, 1.54) is 41.1 Å².